The van der Waals surface area contributed by atoms with E-state index in [1.165, 1.54) is 17.3 Å². The molecule has 0 atom stereocenters. The van der Waals surface area contributed by atoms with Crippen LogP contribution in [0.15, 0.2) is 29.4 Å². The number of thioether (sulfide) groups is 1. The summed E-state index contributed by atoms with van der Waals surface area (Å²) < 4.78 is 7.56. The molecule has 0 aliphatic carbocycles. The first-order valence-electron chi connectivity index (χ1n) is 7.95. The van der Waals surface area contributed by atoms with Crippen molar-refractivity contribution in [3.05, 3.63) is 29.8 Å². The lowest BCUT2D eigenvalue weighted by Crippen LogP contribution is -2.38. The zero-order valence-electron chi connectivity index (χ0n) is 13.3. The Labute approximate surface area is 140 Å². The molecule has 0 unspecified atom stereocenters. The zero-order valence-corrected chi connectivity index (χ0v) is 14.1. The van der Waals surface area contributed by atoms with Gasteiger partial charge in [-0.2, -0.15) is 0 Å². The van der Waals surface area contributed by atoms with E-state index in [0.717, 1.165) is 36.3 Å². The van der Waals surface area contributed by atoms with Gasteiger partial charge in [-0.1, -0.05) is 36.9 Å². The maximum Gasteiger partial charge on any atom is 0.232 e. The number of aryl methyl sites for hydroxylation is 1. The van der Waals surface area contributed by atoms with Crippen molar-refractivity contribution >= 4 is 17.7 Å². The van der Waals surface area contributed by atoms with E-state index < -0.39 is 0 Å². The van der Waals surface area contributed by atoms with E-state index in [1.54, 1.807) is 0 Å². The lowest BCUT2D eigenvalue weighted by Gasteiger charge is -2.28. The number of anilines is 1. The molecular weight excluding hydrogens is 312 g/mol. The van der Waals surface area contributed by atoms with Crippen LogP contribution in [0, 0.1) is 0 Å². The number of nitrogens with zero attached hydrogens (tertiary/aromatic N) is 4. The Kier molecular flexibility index (Phi) is 5.53. The number of aromatic nitrogens is 3. The van der Waals surface area contributed by atoms with Crippen molar-refractivity contribution in [1.29, 1.82) is 0 Å². The monoisotopic (exact) mass is 334 g/mol. The lowest BCUT2D eigenvalue weighted by atomic mass is 10.1. The van der Waals surface area contributed by atoms with E-state index in [9.17, 15) is 0 Å². The summed E-state index contributed by atoms with van der Waals surface area (Å²) in [6, 6.07) is 8.34. The van der Waals surface area contributed by atoms with Crippen LogP contribution >= 0.6 is 11.8 Å². The third-order valence-corrected chi connectivity index (χ3v) is 4.76. The van der Waals surface area contributed by atoms with Crippen LogP contribution in [0.25, 0.3) is 5.69 Å². The molecular formula is C16H22N4O2S. The third kappa shape index (κ3) is 3.52. The first-order chi connectivity index (χ1) is 11.3. The Hall–Kier alpha value is -1.57. The maximum atomic E-state index is 9.14. The van der Waals surface area contributed by atoms with Crippen molar-refractivity contribution < 1.29 is 9.84 Å². The number of para-hydroxylation sites is 1. The number of benzene rings is 1. The first-order valence-corrected chi connectivity index (χ1v) is 8.93. The van der Waals surface area contributed by atoms with Crippen molar-refractivity contribution in [2.75, 3.05) is 43.6 Å². The molecule has 6 nitrogen and oxygen atoms in total. The van der Waals surface area contributed by atoms with Gasteiger partial charge in [-0.15, -0.1) is 10.2 Å². The van der Waals surface area contributed by atoms with Gasteiger partial charge in [0.25, 0.3) is 0 Å². The second kappa shape index (κ2) is 7.81. The largest absolute Gasteiger partial charge is 0.396 e. The van der Waals surface area contributed by atoms with Gasteiger partial charge < -0.3 is 14.7 Å². The summed E-state index contributed by atoms with van der Waals surface area (Å²) in [5.74, 6) is 1.46. The molecule has 0 spiro atoms. The summed E-state index contributed by atoms with van der Waals surface area (Å²) in [7, 11) is 0. The van der Waals surface area contributed by atoms with Crippen molar-refractivity contribution in [2.45, 2.75) is 18.5 Å². The van der Waals surface area contributed by atoms with E-state index in [1.807, 2.05) is 6.07 Å². The van der Waals surface area contributed by atoms with Crippen LogP contribution in [0.4, 0.5) is 5.95 Å². The molecule has 1 fully saturated rings. The number of rotatable bonds is 6. The van der Waals surface area contributed by atoms with Crippen LogP contribution in [0.3, 0.4) is 0 Å². The molecule has 2 aromatic rings. The Morgan fingerprint density at radius 3 is 2.74 bits per heavy atom. The molecule has 1 N–H and O–H groups in total. The minimum atomic E-state index is 0.125. The Morgan fingerprint density at radius 2 is 2.00 bits per heavy atom. The SMILES string of the molecule is CCc1ccccc1-n1c(SCCO)nnc1N1CCOCC1. The van der Waals surface area contributed by atoms with Crippen LogP contribution in [0.1, 0.15) is 12.5 Å². The van der Waals surface area contributed by atoms with Gasteiger partial charge in [0.15, 0.2) is 5.16 Å². The average Bonchev–Trinajstić information content (AvgIpc) is 3.04. The van der Waals surface area contributed by atoms with Gasteiger partial charge in [0, 0.05) is 18.8 Å². The van der Waals surface area contributed by atoms with E-state index in [2.05, 4.69) is 44.8 Å². The predicted molar refractivity (Wildman–Crippen MR) is 91.6 cm³/mol. The standard InChI is InChI=1S/C16H22N4O2S/c1-2-13-5-3-4-6-14(13)20-15(19-7-10-22-11-8-19)17-18-16(20)23-12-9-21/h3-6,21H,2,7-12H2,1H3. The van der Waals surface area contributed by atoms with Crippen LogP contribution in [-0.4, -0.2) is 58.5 Å². The van der Waals surface area contributed by atoms with Gasteiger partial charge >= 0.3 is 0 Å². The summed E-state index contributed by atoms with van der Waals surface area (Å²) in [5.41, 5.74) is 2.37. The van der Waals surface area contributed by atoms with Gasteiger partial charge in [-0.25, -0.2) is 0 Å². The summed E-state index contributed by atoms with van der Waals surface area (Å²) in [5, 5.41) is 18.7. The molecule has 1 aliphatic rings. The number of hydrogen-bond acceptors (Lipinski definition) is 6. The van der Waals surface area contributed by atoms with E-state index in [-0.39, 0.29) is 6.61 Å². The highest BCUT2D eigenvalue weighted by Crippen LogP contribution is 2.29. The fourth-order valence-corrected chi connectivity index (χ4v) is 3.38. The minimum absolute atomic E-state index is 0.125. The highest BCUT2D eigenvalue weighted by atomic mass is 32.2. The topological polar surface area (TPSA) is 63.4 Å². The van der Waals surface area contributed by atoms with E-state index in [4.69, 9.17) is 9.84 Å². The van der Waals surface area contributed by atoms with E-state index in [0.29, 0.717) is 19.0 Å². The van der Waals surface area contributed by atoms with Crippen LogP contribution in [0.5, 0.6) is 0 Å². The molecule has 124 valence electrons. The van der Waals surface area contributed by atoms with Gasteiger partial charge in [0.2, 0.25) is 5.95 Å². The van der Waals surface area contributed by atoms with Crippen molar-refractivity contribution in [3.8, 4) is 5.69 Å². The molecule has 0 saturated carbocycles. The smallest absolute Gasteiger partial charge is 0.232 e. The Morgan fingerprint density at radius 1 is 1.22 bits per heavy atom. The number of morpholine rings is 1. The lowest BCUT2D eigenvalue weighted by molar-refractivity contribution is 0.122. The van der Waals surface area contributed by atoms with E-state index >= 15 is 0 Å². The molecule has 1 aromatic heterocycles. The van der Waals surface area contributed by atoms with Gasteiger partial charge in [-0.05, 0) is 18.1 Å². The second-order valence-corrected chi connectivity index (χ2v) is 6.33. The minimum Gasteiger partial charge on any atom is -0.396 e. The number of aliphatic hydroxyl groups is 1. The summed E-state index contributed by atoms with van der Waals surface area (Å²) in [4.78, 5) is 2.21. The second-order valence-electron chi connectivity index (χ2n) is 5.27. The molecule has 2 heterocycles. The van der Waals surface area contributed by atoms with Gasteiger partial charge in [0.1, 0.15) is 0 Å². The normalized spacial score (nSPS) is 15.1. The number of aliphatic hydroxyl groups excluding tert-OH is 1. The fourth-order valence-electron chi connectivity index (χ4n) is 2.70. The first kappa shape index (κ1) is 16.3. The van der Waals surface area contributed by atoms with Crippen LogP contribution in [0.2, 0.25) is 0 Å². The number of ether oxygens (including phenoxy) is 1. The fraction of sp³-hybridized carbons (Fsp3) is 0.500. The molecule has 23 heavy (non-hydrogen) atoms. The molecule has 3 rings (SSSR count). The molecule has 7 heteroatoms. The third-order valence-electron chi connectivity index (χ3n) is 3.85. The summed E-state index contributed by atoms with van der Waals surface area (Å²) >= 11 is 1.53. The Bertz CT molecular complexity index is 641. The maximum absolute atomic E-state index is 9.14. The zero-order chi connectivity index (χ0) is 16.1. The summed E-state index contributed by atoms with van der Waals surface area (Å²) in [6.07, 6.45) is 0.945. The Balaban J connectivity index is 2.04. The summed E-state index contributed by atoms with van der Waals surface area (Å²) in [6.45, 7) is 5.33. The van der Waals surface area contributed by atoms with Crippen LogP contribution < -0.4 is 4.90 Å². The highest BCUT2D eigenvalue weighted by molar-refractivity contribution is 7.99. The van der Waals surface area contributed by atoms with Gasteiger partial charge in [-0.3, -0.25) is 4.57 Å². The van der Waals surface area contributed by atoms with Crippen molar-refractivity contribution in [1.82, 2.24) is 14.8 Å². The quantitative estimate of drug-likeness (QED) is 0.812. The molecule has 0 radical (unpaired) electrons. The van der Waals surface area contributed by atoms with Crippen molar-refractivity contribution in [2.24, 2.45) is 0 Å². The van der Waals surface area contributed by atoms with Gasteiger partial charge in [0.05, 0.1) is 25.5 Å². The molecule has 1 aliphatic heterocycles. The molecule has 1 aromatic carbocycles. The van der Waals surface area contributed by atoms with Crippen LogP contribution in [-0.2, 0) is 11.2 Å². The molecule has 1 saturated heterocycles. The predicted octanol–water partition coefficient (Wildman–Crippen LogP) is 1.75. The number of hydrogen-bond donors (Lipinski definition) is 1. The van der Waals surface area contributed by atoms with Crippen molar-refractivity contribution in [3.63, 3.8) is 0 Å². The highest BCUT2D eigenvalue weighted by Gasteiger charge is 2.22. The molecule has 0 amide bonds. The molecule has 0 bridgehead atoms. The average molecular weight is 334 g/mol.